The number of carbonyl (C=O) groups excluding carboxylic acids is 3. The van der Waals surface area contributed by atoms with E-state index >= 15 is 0 Å². The molecule has 3 aromatic heterocycles. The lowest BCUT2D eigenvalue weighted by Gasteiger charge is -2.44. The number of aromatic nitrogens is 5. The van der Waals surface area contributed by atoms with Gasteiger partial charge in [-0.15, -0.1) is 16.4 Å². The summed E-state index contributed by atoms with van der Waals surface area (Å²) in [6.07, 6.45) is 1.83. The van der Waals surface area contributed by atoms with Gasteiger partial charge in [0.05, 0.1) is 6.20 Å². The van der Waals surface area contributed by atoms with Crippen LogP contribution in [0.5, 0.6) is 0 Å². The van der Waals surface area contributed by atoms with Crippen molar-refractivity contribution < 1.29 is 33.3 Å². The Balaban J connectivity index is 1.79. The molecule has 0 amide bonds. The second-order valence-electron chi connectivity index (χ2n) is 8.00. The predicted molar refractivity (Wildman–Crippen MR) is 139 cm³/mol. The van der Waals surface area contributed by atoms with Crippen LogP contribution in [0.2, 0.25) is 5.15 Å². The van der Waals surface area contributed by atoms with Gasteiger partial charge in [0, 0.05) is 47.9 Å². The standard InChI is InChI=1S/C22H21BrClN5O7S2/c1-10(30)33-8-16-19(34-11(2)31)18(29-7-15(27-28-29)21-26-17(24)9-37-21)20(35-12(3)32)22(36-16)38-14-4-13(23)5-25-6-14/h4-7,9,16,18-20,22H,8H2,1-3H3. The molecule has 5 atom stereocenters. The van der Waals surface area contributed by atoms with Crippen LogP contribution in [0.3, 0.4) is 0 Å². The molecule has 16 heteroatoms. The van der Waals surface area contributed by atoms with Crippen LogP contribution in [0.15, 0.2) is 39.4 Å². The Hall–Kier alpha value is -2.59. The van der Waals surface area contributed by atoms with E-state index in [2.05, 4.69) is 36.2 Å². The Morgan fingerprint density at radius 3 is 2.53 bits per heavy atom. The molecule has 5 unspecified atom stereocenters. The number of halogens is 2. The summed E-state index contributed by atoms with van der Waals surface area (Å²) in [4.78, 5) is 45.1. The van der Waals surface area contributed by atoms with E-state index in [0.717, 1.165) is 4.47 Å². The van der Waals surface area contributed by atoms with Gasteiger partial charge in [-0.3, -0.25) is 19.4 Å². The van der Waals surface area contributed by atoms with Crippen molar-refractivity contribution in [2.75, 3.05) is 6.61 Å². The molecule has 0 aliphatic carbocycles. The fraction of sp³-hybridized carbons (Fsp3) is 0.409. The van der Waals surface area contributed by atoms with Gasteiger partial charge in [0.2, 0.25) is 0 Å². The molecule has 202 valence electrons. The van der Waals surface area contributed by atoms with E-state index in [0.29, 0.717) is 20.8 Å². The number of rotatable bonds is 8. The molecule has 0 bridgehead atoms. The van der Waals surface area contributed by atoms with Crippen molar-refractivity contribution in [2.24, 2.45) is 0 Å². The molecular formula is C22H21BrClN5O7S2. The zero-order chi connectivity index (χ0) is 27.4. The number of esters is 3. The summed E-state index contributed by atoms with van der Waals surface area (Å²) >= 11 is 11.9. The SMILES string of the molecule is CC(=O)OCC1OC(Sc2cncc(Br)c2)C(OC(C)=O)C(n2cc(-c3nc(Cl)cs3)nn2)C1OC(C)=O. The van der Waals surface area contributed by atoms with E-state index in [1.165, 1.54) is 48.6 Å². The van der Waals surface area contributed by atoms with E-state index < -0.39 is 47.7 Å². The minimum atomic E-state index is -1.07. The minimum Gasteiger partial charge on any atom is -0.463 e. The highest BCUT2D eigenvalue weighted by atomic mass is 79.9. The highest BCUT2D eigenvalue weighted by molar-refractivity contribution is 9.10. The van der Waals surface area contributed by atoms with E-state index in [9.17, 15) is 14.4 Å². The molecule has 12 nitrogen and oxygen atoms in total. The molecule has 4 rings (SSSR count). The molecule has 0 saturated carbocycles. The van der Waals surface area contributed by atoms with E-state index in [1.807, 2.05) is 6.07 Å². The highest BCUT2D eigenvalue weighted by Gasteiger charge is 2.52. The molecule has 1 aliphatic heterocycles. The summed E-state index contributed by atoms with van der Waals surface area (Å²) in [5, 5.41) is 10.9. The zero-order valence-corrected chi connectivity index (χ0v) is 24.1. The minimum absolute atomic E-state index is 0.228. The zero-order valence-electron chi connectivity index (χ0n) is 20.1. The molecule has 0 radical (unpaired) electrons. The Labute approximate surface area is 238 Å². The van der Waals surface area contributed by atoms with Gasteiger partial charge in [-0.05, 0) is 22.0 Å². The third-order valence-electron chi connectivity index (χ3n) is 5.11. The Morgan fingerprint density at radius 2 is 1.89 bits per heavy atom. The van der Waals surface area contributed by atoms with Crippen molar-refractivity contribution in [1.29, 1.82) is 0 Å². The van der Waals surface area contributed by atoms with Crippen molar-refractivity contribution in [3.63, 3.8) is 0 Å². The fourth-order valence-electron chi connectivity index (χ4n) is 3.76. The van der Waals surface area contributed by atoms with E-state index in [1.54, 1.807) is 24.0 Å². The lowest BCUT2D eigenvalue weighted by molar-refractivity contribution is -0.212. The normalized spacial score (nSPS) is 23.0. The molecule has 1 fully saturated rings. The maximum absolute atomic E-state index is 12.2. The highest BCUT2D eigenvalue weighted by Crippen LogP contribution is 2.41. The molecule has 3 aromatic rings. The summed E-state index contributed by atoms with van der Waals surface area (Å²) in [7, 11) is 0. The lowest BCUT2D eigenvalue weighted by atomic mass is 9.96. The van der Waals surface area contributed by atoms with Crippen LogP contribution in [0.1, 0.15) is 26.8 Å². The number of thioether (sulfide) groups is 1. The summed E-state index contributed by atoms with van der Waals surface area (Å²) in [5.41, 5.74) is -0.428. The molecule has 38 heavy (non-hydrogen) atoms. The second kappa shape index (κ2) is 12.5. The van der Waals surface area contributed by atoms with Crippen molar-refractivity contribution in [1.82, 2.24) is 25.0 Å². The monoisotopic (exact) mass is 645 g/mol. The van der Waals surface area contributed by atoms with Crippen LogP contribution in [0, 0.1) is 0 Å². The number of hydrogen-bond acceptors (Lipinski definition) is 13. The van der Waals surface area contributed by atoms with Crippen LogP contribution >= 0.6 is 50.6 Å². The lowest BCUT2D eigenvalue weighted by Crippen LogP contribution is -2.57. The van der Waals surface area contributed by atoms with Crippen molar-refractivity contribution in [3.05, 3.63) is 39.7 Å². The van der Waals surface area contributed by atoms with Gasteiger partial charge < -0.3 is 18.9 Å². The van der Waals surface area contributed by atoms with Gasteiger partial charge in [-0.25, -0.2) is 9.67 Å². The predicted octanol–water partition coefficient (Wildman–Crippen LogP) is 3.70. The first-order valence-corrected chi connectivity index (χ1v) is 14.0. The van der Waals surface area contributed by atoms with Crippen LogP contribution in [-0.2, 0) is 33.3 Å². The Bertz CT molecular complexity index is 1320. The first kappa shape index (κ1) is 28.4. The third kappa shape index (κ3) is 7.08. The first-order chi connectivity index (χ1) is 18.1. The molecule has 0 spiro atoms. The first-order valence-electron chi connectivity index (χ1n) is 11.0. The van der Waals surface area contributed by atoms with Gasteiger partial charge in [0.1, 0.15) is 40.0 Å². The number of carbonyl (C=O) groups is 3. The summed E-state index contributed by atoms with van der Waals surface area (Å²) < 4.78 is 25.0. The average Bonchev–Trinajstić information content (AvgIpc) is 3.48. The largest absolute Gasteiger partial charge is 0.463 e. The smallest absolute Gasteiger partial charge is 0.303 e. The van der Waals surface area contributed by atoms with Crippen LogP contribution in [-0.4, -0.2) is 73.2 Å². The van der Waals surface area contributed by atoms with Crippen molar-refractivity contribution in [2.45, 2.75) is 55.5 Å². The van der Waals surface area contributed by atoms with Crippen molar-refractivity contribution in [3.8, 4) is 10.7 Å². The average molecular weight is 647 g/mol. The van der Waals surface area contributed by atoms with Crippen LogP contribution in [0.4, 0.5) is 0 Å². The summed E-state index contributed by atoms with van der Waals surface area (Å²) in [6.45, 7) is 3.52. The number of pyridine rings is 1. The Morgan fingerprint density at radius 1 is 1.16 bits per heavy atom. The van der Waals surface area contributed by atoms with Crippen LogP contribution in [0.25, 0.3) is 10.7 Å². The fourth-order valence-corrected chi connectivity index (χ4v) is 6.31. The van der Waals surface area contributed by atoms with Gasteiger partial charge in [0.15, 0.2) is 12.2 Å². The van der Waals surface area contributed by atoms with E-state index in [-0.39, 0.29) is 6.61 Å². The van der Waals surface area contributed by atoms with Gasteiger partial charge in [-0.1, -0.05) is 28.6 Å². The maximum Gasteiger partial charge on any atom is 0.303 e. The quantitative estimate of drug-likeness (QED) is 0.260. The number of nitrogens with zero attached hydrogens (tertiary/aromatic N) is 5. The molecule has 0 aromatic carbocycles. The number of ether oxygens (including phenoxy) is 4. The number of thiazole rings is 1. The molecule has 1 aliphatic rings. The third-order valence-corrected chi connectivity index (χ3v) is 7.84. The topological polar surface area (TPSA) is 145 Å². The Kier molecular flexibility index (Phi) is 9.36. The maximum atomic E-state index is 12.2. The second-order valence-corrected chi connectivity index (χ2v) is 11.3. The van der Waals surface area contributed by atoms with Gasteiger partial charge >= 0.3 is 17.9 Å². The van der Waals surface area contributed by atoms with E-state index in [4.69, 9.17) is 30.5 Å². The van der Waals surface area contributed by atoms with Crippen molar-refractivity contribution >= 4 is 68.5 Å². The summed E-state index contributed by atoms with van der Waals surface area (Å²) in [5.74, 6) is -1.75. The molecule has 1 saturated heterocycles. The summed E-state index contributed by atoms with van der Waals surface area (Å²) in [6, 6.07) is 0.909. The van der Waals surface area contributed by atoms with Gasteiger partial charge in [0.25, 0.3) is 0 Å². The molecule has 0 N–H and O–H groups in total. The number of hydrogen-bond donors (Lipinski definition) is 0. The molecular weight excluding hydrogens is 626 g/mol. The van der Waals surface area contributed by atoms with Crippen LogP contribution < -0.4 is 0 Å². The molecule has 4 heterocycles. The van der Waals surface area contributed by atoms with Gasteiger partial charge in [-0.2, -0.15) is 0 Å².